The maximum Gasteiger partial charge on any atom is 0.291 e. The van der Waals surface area contributed by atoms with E-state index in [9.17, 15) is 14.9 Å². The molecule has 1 aromatic heterocycles. The Morgan fingerprint density at radius 1 is 1.25 bits per heavy atom. The van der Waals surface area contributed by atoms with Crippen molar-refractivity contribution in [3.63, 3.8) is 0 Å². The Hall–Kier alpha value is -3.23. The molecule has 0 aliphatic rings. The molecule has 2 aromatic carbocycles. The number of nitro benzene ring substituents is 1. The molecule has 0 saturated carbocycles. The van der Waals surface area contributed by atoms with E-state index in [0.29, 0.717) is 22.2 Å². The number of hydrogen-bond donors (Lipinski definition) is 1. The maximum atomic E-state index is 12.1. The predicted octanol–water partition coefficient (Wildman–Crippen LogP) is 3.91. The van der Waals surface area contributed by atoms with E-state index in [1.807, 2.05) is 0 Å². The van der Waals surface area contributed by atoms with E-state index in [2.05, 4.69) is 15.6 Å². The van der Waals surface area contributed by atoms with Crippen LogP contribution in [0.3, 0.4) is 0 Å². The van der Waals surface area contributed by atoms with Gasteiger partial charge in [0.05, 0.1) is 17.7 Å². The number of hydrogen-bond acceptors (Lipinski definition) is 5. The third-order valence-electron chi connectivity index (χ3n) is 3.68. The molecule has 0 fully saturated rings. The van der Waals surface area contributed by atoms with Gasteiger partial charge in [0, 0.05) is 33.9 Å². The van der Waals surface area contributed by atoms with Gasteiger partial charge in [-0.15, -0.1) is 0 Å². The minimum absolute atomic E-state index is 0.0603. The summed E-state index contributed by atoms with van der Waals surface area (Å²) in [6.07, 6.45) is 2.96. The van der Waals surface area contributed by atoms with Crippen LogP contribution in [0.25, 0.3) is 0 Å². The molecule has 1 N–H and O–H groups in total. The monoisotopic (exact) mass is 417 g/mol. The highest BCUT2D eigenvalue weighted by molar-refractivity contribution is 6.35. The number of nitrogens with zero attached hydrogens (tertiary/aromatic N) is 4. The summed E-state index contributed by atoms with van der Waals surface area (Å²) in [5, 5.41) is 19.8. The van der Waals surface area contributed by atoms with Crippen molar-refractivity contribution < 1.29 is 9.72 Å². The molecule has 8 nitrogen and oxygen atoms in total. The number of halogens is 2. The highest BCUT2D eigenvalue weighted by atomic mass is 35.5. The fourth-order valence-corrected chi connectivity index (χ4v) is 2.80. The molecule has 28 heavy (non-hydrogen) atoms. The van der Waals surface area contributed by atoms with Gasteiger partial charge in [0.2, 0.25) is 0 Å². The molecule has 0 spiro atoms. The summed E-state index contributed by atoms with van der Waals surface area (Å²) in [5.41, 5.74) is 3.73. The van der Waals surface area contributed by atoms with Gasteiger partial charge in [0.25, 0.3) is 11.6 Å². The number of nitrogens with one attached hydrogen (secondary N) is 1. The summed E-state index contributed by atoms with van der Waals surface area (Å²) in [6, 6.07) is 12.6. The third kappa shape index (κ3) is 4.93. The molecule has 0 radical (unpaired) electrons. The number of hydrazone groups is 1. The van der Waals surface area contributed by atoms with Crippen LogP contribution < -0.4 is 5.43 Å². The zero-order valence-electron chi connectivity index (χ0n) is 14.3. The zero-order chi connectivity index (χ0) is 20.1. The second kappa shape index (κ2) is 8.64. The standard InChI is InChI=1S/C18H13Cl2N5O3/c19-14-5-4-13(16(20)9-14)11-24-7-6-17(23-24)18(26)22-21-10-12-2-1-3-15(8-12)25(27)28/h1-10H,11H2,(H,22,26)/b21-10-. The number of amides is 1. The molecular formula is C18H13Cl2N5O3. The van der Waals surface area contributed by atoms with E-state index in [4.69, 9.17) is 23.2 Å². The van der Waals surface area contributed by atoms with Crippen molar-refractivity contribution in [1.29, 1.82) is 0 Å². The van der Waals surface area contributed by atoms with Crippen LogP contribution in [0.4, 0.5) is 5.69 Å². The number of aromatic nitrogens is 2. The van der Waals surface area contributed by atoms with Gasteiger partial charge in [0.15, 0.2) is 5.69 Å². The van der Waals surface area contributed by atoms with Gasteiger partial charge in [-0.05, 0) is 23.8 Å². The molecule has 10 heteroatoms. The van der Waals surface area contributed by atoms with Crippen molar-refractivity contribution in [3.05, 3.63) is 91.7 Å². The Morgan fingerprint density at radius 3 is 2.82 bits per heavy atom. The number of non-ortho nitro benzene ring substituents is 1. The van der Waals surface area contributed by atoms with Gasteiger partial charge in [-0.3, -0.25) is 19.6 Å². The quantitative estimate of drug-likeness (QED) is 0.373. The van der Waals surface area contributed by atoms with Crippen molar-refractivity contribution in [2.45, 2.75) is 6.54 Å². The van der Waals surface area contributed by atoms with Crippen LogP contribution in [-0.2, 0) is 6.54 Å². The molecule has 1 heterocycles. The van der Waals surface area contributed by atoms with Crippen molar-refractivity contribution in [2.75, 3.05) is 0 Å². The Kier molecular flexibility index (Phi) is 6.03. The van der Waals surface area contributed by atoms with Crippen molar-refractivity contribution in [2.24, 2.45) is 5.10 Å². The number of carbonyl (C=O) groups excluding carboxylic acids is 1. The zero-order valence-corrected chi connectivity index (χ0v) is 15.8. The highest BCUT2D eigenvalue weighted by Gasteiger charge is 2.10. The molecule has 3 rings (SSSR count). The van der Waals surface area contributed by atoms with Crippen molar-refractivity contribution >= 4 is 41.0 Å². The average Bonchev–Trinajstić information content (AvgIpc) is 3.13. The number of benzene rings is 2. The average molecular weight is 418 g/mol. The minimum Gasteiger partial charge on any atom is -0.267 e. The van der Waals surface area contributed by atoms with E-state index in [-0.39, 0.29) is 11.4 Å². The molecular weight excluding hydrogens is 405 g/mol. The Bertz CT molecular complexity index is 1060. The fourth-order valence-electron chi connectivity index (χ4n) is 2.34. The predicted molar refractivity (Wildman–Crippen MR) is 106 cm³/mol. The van der Waals surface area contributed by atoms with Gasteiger partial charge >= 0.3 is 0 Å². The SMILES string of the molecule is O=C(N/N=C\c1cccc([N+](=O)[O-])c1)c1ccn(Cc2ccc(Cl)cc2Cl)n1. The lowest BCUT2D eigenvalue weighted by Gasteiger charge is -2.05. The summed E-state index contributed by atoms with van der Waals surface area (Å²) in [4.78, 5) is 22.4. The molecule has 142 valence electrons. The fraction of sp³-hybridized carbons (Fsp3) is 0.0556. The summed E-state index contributed by atoms with van der Waals surface area (Å²) < 4.78 is 1.56. The van der Waals surface area contributed by atoms with Crippen LogP contribution in [0.15, 0.2) is 59.8 Å². The smallest absolute Gasteiger partial charge is 0.267 e. The number of carbonyl (C=O) groups is 1. The molecule has 0 saturated heterocycles. The first kappa shape index (κ1) is 19.5. The molecule has 1 amide bonds. The Morgan fingerprint density at radius 2 is 2.07 bits per heavy atom. The summed E-state index contributed by atoms with van der Waals surface area (Å²) in [5.74, 6) is -0.511. The van der Waals surface area contributed by atoms with Gasteiger partial charge < -0.3 is 0 Å². The van der Waals surface area contributed by atoms with E-state index >= 15 is 0 Å². The Labute approximate surface area is 169 Å². The van der Waals surface area contributed by atoms with Gasteiger partial charge in [-0.2, -0.15) is 10.2 Å². The van der Waals surface area contributed by atoms with Crippen LogP contribution in [0.1, 0.15) is 21.6 Å². The molecule has 0 aliphatic carbocycles. The number of rotatable bonds is 6. The second-order valence-corrected chi connectivity index (χ2v) is 6.53. The van der Waals surface area contributed by atoms with Crippen molar-refractivity contribution in [3.8, 4) is 0 Å². The second-order valence-electron chi connectivity index (χ2n) is 5.69. The van der Waals surface area contributed by atoms with E-state index in [1.54, 1.807) is 41.2 Å². The van der Waals surface area contributed by atoms with Crippen LogP contribution >= 0.6 is 23.2 Å². The summed E-state index contributed by atoms with van der Waals surface area (Å²) in [6.45, 7) is 0.375. The lowest BCUT2D eigenvalue weighted by atomic mass is 10.2. The van der Waals surface area contributed by atoms with Gasteiger partial charge in [0.1, 0.15) is 0 Å². The topological polar surface area (TPSA) is 102 Å². The van der Waals surface area contributed by atoms with E-state index < -0.39 is 10.8 Å². The molecule has 0 unspecified atom stereocenters. The number of nitro groups is 1. The lowest BCUT2D eigenvalue weighted by molar-refractivity contribution is -0.384. The van der Waals surface area contributed by atoms with Crippen molar-refractivity contribution in [1.82, 2.24) is 15.2 Å². The maximum absolute atomic E-state index is 12.1. The normalized spacial score (nSPS) is 10.9. The van der Waals surface area contributed by atoms with Crippen LogP contribution in [0.5, 0.6) is 0 Å². The first-order valence-corrected chi connectivity index (χ1v) is 8.73. The molecule has 0 atom stereocenters. The van der Waals surface area contributed by atoms with Crippen LogP contribution in [0.2, 0.25) is 10.0 Å². The molecule has 3 aromatic rings. The summed E-state index contributed by atoms with van der Waals surface area (Å²) >= 11 is 12.0. The largest absolute Gasteiger partial charge is 0.291 e. The van der Waals surface area contributed by atoms with E-state index in [0.717, 1.165) is 5.56 Å². The lowest BCUT2D eigenvalue weighted by Crippen LogP contribution is -2.18. The highest BCUT2D eigenvalue weighted by Crippen LogP contribution is 2.21. The molecule has 0 bridgehead atoms. The van der Waals surface area contributed by atoms with Crippen LogP contribution in [-0.4, -0.2) is 26.8 Å². The summed E-state index contributed by atoms with van der Waals surface area (Å²) in [7, 11) is 0. The first-order valence-electron chi connectivity index (χ1n) is 7.97. The first-order chi connectivity index (χ1) is 13.4. The van der Waals surface area contributed by atoms with Gasteiger partial charge in [-0.25, -0.2) is 5.43 Å². The van der Waals surface area contributed by atoms with Gasteiger partial charge in [-0.1, -0.05) is 41.4 Å². The van der Waals surface area contributed by atoms with E-state index in [1.165, 1.54) is 24.4 Å². The Balaban J connectivity index is 1.62. The molecule has 0 aliphatic heterocycles. The minimum atomic E-state index is -0.511. The van der Waals surface area contributed by atoms with Crippen LogP contribution in [0, 0.1) is 10.1 Å². The third-order valence-corrected chi connectivity index (χ3v) is 4.27.